The number of imidazole rings is 1. The summed E-state index contributed by atoms with van der Waals surface area (Å²) >= 11 is 1.27. The zero-order valence-corrected chi connectivity index (χ0v) is 13.8. The van der Waals surface area contributed by atoms with Crippen LogP contribution in [-0.2, 0) is 4.79 Å². The minimum atomic E-state index is -0.857. The molecule has 0 spiro atoms. The van der Waals surface area contributed by atoms with Crippen LogP contribution < -0.4 is 11.1 Å². The van der Waals surface area contributed by atoms with Crippen molar-refractivity contribution >= 4 is 34.7 Å². The number of fused-ring (bicyclic) bond motifs is 1. The second kappa shape index (κ2) is 6.76. The average Bonchev–Trinajstić information content (AvgIpc) is 2.92. The molecule has 3 rings (SSSR count). The number of amides is 3. The van der Waals surface area contributed by atoms with E-state index in [1.54, 1.807) is 6.92 Å². The van der Waals surface area contributed by atoms with Gasteiger partial charge in [0.1, 0.15) is 0 Å². The molecule has 0 aliphatic rings. The number of thioether (sulfide) groups is 1. The fourth-order valence-corrected chi connectivity index (χ4v) is 3.29. The highest BCUT2D eigenvalue weighted by atomic mass is 32.2. The molecular formula is C17H16N4O2S. The maximum absolute atomic E-state index is 12.0. The maximum atomic E-state index is 12.0. The molecule has 0 fully saturated rings. The summed E-state index contributed by atoms with van der Waals surface area (Å²) in [6.45, 7) is 1.71. The van der Waals surface area contributed by atoms with Gasteiger partial charge in [0.15, 0.2) is 5.16 Å². The van der Waals surface area contributed by atoms with E-state index in [2.05, 4.69) is 10.3 Å². The normalized spacial score (nSPS) is 12.0. The Labute approximate surface area is 143 Å². The third kappa shape index (κ3) is 3.26. The third-order valence-corrected chi connectivity index (χ3v) is 4.49. The van der Waals surface area contributed by atoms with Gasteiger partial charge in [0.25, 0.3) is 0 Å². The molecule has 1 aromatic heterocycles. The fraction of sp³-hybridized carbons (Fsp3) is 0.118. The molecule has 3 amide bonds. The summed E-state index contributed by atoms with van der Waals surface area (Å²) < 4.78 is 1.99. The zero-order chi connectivity index (χ0) is 17.1. The van der Waals surface area contributed by atoms with E-state index in [1.807, 2.05) is 59.2 Å². The SMILES string of the molecule is C[C@@H](Sc1nc2ccccc2n1-c1ccccc1)C(=O)NC(N)=O. The number of primary amides is 1. The zero-order valence-electron chi connectivity index (χ0n) is 13.0. The first-order valence-corrected chi connectivity index (χ1v) is 8.24. The monoisotopic (exact) mass is 340 g/mol. The van der Waals surface area contributed by atoms with Crippen molar-refractivity contribution in [3.8, 4) is 5.69 Å². The molecule has 6 nitrogen and oxygen atoms in total. The van der Waals surface area contributed by atoms with Crippen LogP contribution in [0.3, 0.4) is 0 Å². The number of nitrogens with zero attached hydrogens (tertiary/aromatic N) is 2. The smallest absolute Gasteiger partial charge is 0.318 e. The summed E-state index contributed by atoms with van der Waals surface area (Å²) in [5.74, 6) is -0.445. The Bertz CT molecular complexity index is 892. The molecule has 0 saturated heterocycles. The van der Waals surface area contributed by atoms with Crippen molar-refractivity contribution in [2.75, 3.05) is 0 Å². The number of benzene rings is 2. The molecule has 122 valence electrons. The fourth-order valence-electron chi connectivity index (χ4n) is 2.34. The molecule has 1 heterocycles. The number of rotatable bonds is 4. The minimum Gasteiger partial charge on any atom is -0.351 e. The van der Waals surface area contributed by atoms with Gasteiger partial charge in [0.2, 0.25) is 5.91 Å². The van der Waals surface area contributed by atoms with Crippen LogP contribution in [0.25, 0.3) is 16.7 Å². The van der Waals surface area contributed by atoms with Crippen LogP contribution in [0, 0.1) is 0 Å². The summed E-state index contributed by atoms with van der Waals surface area (Å²) in [6.07, 6.45) is 0. The highest BCUT2D eigenvalue weighted by molar-refractivity contribution is 8.00. The summed E-state index contributed by atoms with van der Waals surface area (Å²) in [6, 6.07) is 16.7. The van der Waals surface area contributed by atoms with Gasteiger partial charge in [-0.25, -0.2) is 9.78 Å². The summed E-state index contributed by atoms with van der Waals surface area (Å²) in [5, 5.41) is 2.26. The molecule has 1 atom stereocenters. The second-order valence-electron chi connectivity index (χ2n) is 5.17. The number of imide groups is 1. The highest BCUT2D eigenvalue weighted by Crippen LogP contribution is 2.30. The first kappa shape index (κ1) is 16.1. The Morgan fingerprint density at radius 3 is 2.50 bits per heavy atom. The Kier molecular flexibility index (Phi) is 4.52. The third-order valence-electron chi connectivity index (χ3n) is 3.44. The predicted octanol–water partition coefficient (Wildman–Crippen LogP) is 2.70. The quantitative estimate of drug-likeness (QED) is 0.715. The lowest BCUT2D eigenvalue weighted by atomic mass is 10.3. The molecule has 0 saturated carbocycles. The first-order valence-electron chi connectivity index (χ1n) is 7.36. The molecule has 0 aliphatic carbocycles. The lowest BCUT2D eigenvalue weighted by Gasteiger charge is -2.12. The Morgan fingerprint density at radius 1 is 1.12 bits per heavy atom. The summed E-state index contributed by atoms with van der Waals surface area (Å²) in [4.78, 5) is 27.4. The van der Waals surface area contributed by atoms with E-state index in [4.69, 9.17) is 5.73 Å². The van der Waals surface area contributed by atoms with Crippen LogP contribution in [0.1, 0.15) is 6.92 Å². The van der Waals surface area contributed by atoms with Crippen LogP contribution in [-0.4, -0.2) is 26.7 Å². The van der Waals surface area contributed by atoms with Crippen molar-refractivity contribution in [3.05, 3.63) is 54.6 Å². The van der Waals surface area contributed by atoms with Gasteiger partial charge >= 0.3 is 6.03 Å². The highest BCUT2D eigenvalue weighted by Gasteiger charge is 2.20. The number of nitrogens with two attached hydrogens (primary N) is 1. The number of nitrogens with one attached hydrogen (secondary N) is 1. The van der Waals surface area contributed by atoms with Crippen molar-refractivity contribution < 1.29 is 9.59 Å². The molecule has 2 aromatic carbocycles. The minimum absolute atomic E-state index is 0.445. The van der Waals surface area contributed by atoms with E-state index in [1.165, 1.54) is 11.8 Å². The van der Waals surface area contributed by atoms with Gasteiger partial charge in [-0.3, -0.25) is 14.7 Å². The van der Waals surface area contributed by atoms with E-state index >= 15 is 0 Å². The number of para-hydroxylation sites is 3. The topological polar surface area (TPSA) is 90.0 Å². The Balaban J connectivity index is 2.01. The number of urea groups is 1. The number of hydrogen-bond donors (Lipinski definition) is 2. The molecule has 3 N–H and O–H groups in total. The van der Waals surface area contributed by atoms with Gasteiger partial charge in [-0.2, -0.15) is 0 Å². The molecule has 0 unspecified atom stereocenters. The van der Waals surface area contributed by atoms with Crippen LogP contribution in [0.2, 0.25) is 0 Å². The lowest BCUT2D eigenvalue weighted by Crippen LogP contribution is -2.39. The number of carbonyl (C=O) groups is 2. The van der Waals surface area contributed by atoms with E-state index < -0.39 is 17.2 Å². The number of aromatic nitrogens is 2. The average molecular weight is 340 g/mol. The van der Waals surface area contributed by atoms with Gasteiger partial charge in [0, 0.05) is 5.69 Å². The van der Waals surface area contributed by atoms with Crippen molar-refractivity contribution in [2.24, 2.45) is 5.73 Å². The summed E-state index contributed by atoms with van der Waals surface area (Å²) in [5.41, 5.74) is 7.75. The van der Waals surface area contributed by atoms with Crippen LogP contribution >= 0.6 is 11.8 Å². The van der Waals surface area contributed by atoms with Gasteiger partial charge < -0.3 is 5.73 Å². The number of hydrogen-bond acceptors (Lipinski definition) is 4. The van der Waals surface area contributed by atoms with E-state index in [0.29, 0.717) is 5.16 Å². The van der Waals surface area contributed by atoms with Crippen molar-refractivity contribution in [3.63, 3.8) is 0 Å². The van der Waals surface area contributed by atoms with Gasteiger partial charge in [-0.1, -0.05) is 42.1 Å². The van der Waals surface area contributed by atoms with Gasteiger partial charge in [0.05, 0.1) is 16.3 Å². The lowest BCUT2D eigenvalue weighted by molar-refractivity contribution is -0.119. The number of carbonyl (C=O) groups excluding carboxylic acids is 2. The molecule has 0 bridgehead atoms. The molecule has 0 radical (unpaired) electrons. The van der Waals surface area contributed by atoms with Crippen LogP contribution in [0.5, 0.6) is 0 Å². The van der Waals surface area contributed by atoms with Gasteiger partial charge in [-0.05, 0) is 31.2 Å². The Morgan fingerprint density at radius 2 is 1.79 bits per heavy atom. The van der Waals surface area contributed by atoms with Crippen molar-refractivity contribution in [1.82, 2.24) is 14.9 Å². The van der Waals surface area contributed by atoms with Crippen molar-refractivity contribution in [2.45, 2.75) is 17.3 Å². The van der Waals surface area contributed by atoms with Crippen molar-refractivity contribution in [1.29, 1.82) is 0 Å². The van der Waals surface area contributed by atoms with E-state index in [9.17, 15) is 9.59 Å². The molecular weight excluding hydrogens is 324 g/mol. The van der Waals surface area contributed by atoms with Gasteiger partial charge in [-0.15, -0.1) is 0 Å². The standard InChI is InChI=1S/C17H16N4O2S/c1-11(15(22)20-16(18)23)24-17-19-13-9-5-6-10-14(13)21(17)12-7-3-2-4-8-12/h2-11H,1H3,(H3,18,20,22,23)/t11-/m1/s1. The molecule has 24 heavy (non-hydrogen) atoms. The van der Waals surface area contributed by atoms with Crippen LogP contribution in [0.4, 0.5) is 4.79 Å². The van der Waals surface area contributed by atoms with E-state index in [-0.39, 0.29) is 0 Å². The van der Waals surface area contributed by atoms with Crippen LogP contribution in [0.15, 0.2) is 59.8 Å². The Hall–Kier alpha value is -2.80. The predicted molar refractivity (Wildman–Crippen MR) is 94.1 cm³/mol. The molecule has 3 aromatic rings. The molecule has 0 aliphatic heterocycles. The maximum Gasteiger partial charge on any atom is 0.318 e. The largest absolute Gasteiger partial charge is 0.351 e. The van der Waals surface area contributed by atoms with E-state index in [0.717, 1.165) is 16.7 Å². The first-order chi connectivity index (χ1) is 11.6. The molecule has 7 heteroatoms. The summed E-state index contributed by atoms with van der Waals surface area (Å²) in [7, 11) is 0. The second-order valence-corrected chi connectivity index (χ2v) is 6.48.